The van der Waals surface area contributed by atoms with Crippen molar-refractivity contribution in [3.8, 4) is 11.6 Å². The average molecular weight is 647 g/mol. The Morgan fingerprint density at radius 3 is 2.17 bits per heavy atom. The summed E-state index contributed by atoms with van der Waals surface area (Å²) >= 11 is 0. The van der Waals surface area contributed by atoms with E-state index in [1.165, 1.54) is 11.5 Å². The van der Waals surface area contributed by atoms with E-state index in [9.17, 15) is 9.90 Å². The number of para-hydroxylation sites is 1. The minimum Gasteiger partial charge on any atom is -0.512 e. The molecule has 4 nitrogen and oxygen atoms in total. The van der Waals surface area contributed by atoms with Crippen molar-refractivity contribution in [2.45, 2.75) is 41.5 Å². The number of carbonyl (C=O) groups excluding carboxylic acids is 1. The quantitative estimate of drug-likeness (QED) is 0.106. The van der Waals surface area contributed by atoms with Crippen LogP contribution in [0.25, 0.3) is 21.5 Å². The first-order valence-corrected chi connectivity index (χ1v) is 11.3. The topological polar surface area (TPSA) is 59.4 Å². The molecule has 0 saturated carbocycles. The van der Waals surface area contributed by atoms with Gasteiger partial charge < -0.3 is 9.84 Å². The summed E-state index contributed by atoms with van der Waals surface area (Å²) in [4.78, 5) is 15.9. The van der Waals surface area contributed by atoms with Crippen LogP contribution in [-0.4, -0.2) is 15.9 Å². The molecule has 185 valence electrons. The van der Waals surface area contributed by atoms with Gasteiger partial charge in [0.1, 0.15) is 5.76 Å². The van der Waals surface area contributed by atoms with Crippen molar-refractivity contribution in [1.82, 2.24) is 4.98 Å². The van der Waals surface area contributed by atoms with E-state index in [1.54, 1.807) is 6.20 Å². The maximum atomic E-state index is 11.5. The van der Waals surface area contributed by atoms with Gasteiger partial charge in [0.15, 0.2) is 5.78 Å². The Bertz CT molecular complexity index is 1320. The van der Waals surface area contributed by atoms with E-state index in [0.29, 0.717) is 11.6 Å². The average Bonchev–Trinajstić information content (AvgIpc) is 2.79. The summed E-state index contributed by atoms with van der Waals surface area (Å²) in [7, 11) is 0. The number of allylic oxidation sites excluding steroid dienone is 2. The van der Waals surface area contributed by atoms with Gasteiger partial charge in [0.25, 0.3) is 0 Å². The molecule has 0 atom stereocenters. The number of nitrogens with zero attached hydrogens (tertiary/aromatic N) is 1. The van der Waals surface area contributed by atoms with Crippen LogP contribution in [0.2, 0.25) is 0 Å². The second-order valence-corrected chi connectivity index (χ2v) is 10.2. The van der Waals surface area contributed by atoms with Gasteiger partial charge in [-0.05, 0) is 22.2 Å². The van der Waals surface area contributed by atoms with E-state index in [4.69, 9.17) is 4.74 Å². The zero-order valence-electron chi connectivity index (χ0n) is 21.0. The van der Waals surface area contributed by atoms with E-state index >= 15 is 0 Å². The van der Waals surface area contributed by atoms with Crippen LogP contribution in [0.3, 0.4) is 0 Å². The molecule has 35 heavy (non-hydrogen) atoms. The Hall–Kier alpha value is -3.01. The van der Waals surface area contributed by atoms with Crippen LogP contribution in [0.5, 0.6) is 11.6 Å². The maximum absolute atomic E-state index is 11.5. The third kappa shape index (κ3) is 7.48. The van der Waals surface area contributed by atoms with Crippen molar-refractivity contribution in [1.29, 1.82) is 0 Å². The summed E-state index contributed by atoms with van der Waals surface area (Å²) in [5, 5.41) is 14.0. The first-order valence-electron chi connectivity index (χ1n) is 11.3. The van der Waals surface area contributed by atoms with E-state index in [-0.39, 0.29) is 37.1 Å². The standard InChI is InChI=1S/C19H12NO.C11H20O2.Ir/c1-2-7-16(8-3-1)21-19-18-15(12-13-20-19)11-10-14-6-4-5-9-17(14)18;1-10(2,3)8(12)7-9(13)11(4,5)6;/h1-7,9-13H;7,12H,1-6H3;/q-1;;/b;8-7-;. The fourth-order valence-electron chi connectivity index (χ4n) is 3.09. The Balaban J connectivity index is 0.000000271. The van der Waals surface area contributed by atoms with Gasteiger partial charge >= 0.3 is 0 Å². The Labute approximate surface area is 221 Å². The van der Waals surface area contributed by atoms with E-state index in [1.807, 2.05) is 84.0 Å². The molecule has 4 aromatic rings. The van der Waals surface area contributed by atoms with Gasteiger partial charge in [0.2, 0.25) is 5.88 Å². The monoisotopic (exact) mass is 647 g/mol. The maximum Gasteiger partial charge on any atom is 0.225 e. The van der Waals surface area contributed by atoms with Crippen LogP contribution < -0.4 is 4.74 Å². The van der Waals surface area contributed by atoms with Gasteiger partial charge in [0.05, 0.1) is 5.39 Å². The van der Waals surface area contributed by atoms with E-state index < -0.39 is 5.41 Å². The Kier molecular flexibility index (Phi) is 9.37. The van der Waals surface area contributed by atoms with Crippen molar-refractivity contribution in [3.63, 3.8) is 0 Å². The molecule has 0 saturated heterocycles. The summed E-state index contributed by atoms with van der Waals surface area (Å²) in [6.07, 6.45) is 3.11. The number of fused-ring (bicyclic) bond motifs is 3. The smallest absolute Gasteiger partial charge is 0.225 e. The molecule has 3 aromatic carbocycles. The number of ketones is 1. The summed E-state index contributed by atoms with van der Waals surface area (Å²) in [5.41, 5.74) is -0.764. The molecule has 0 amide bonds. The normalized spacial score (nSPS) is 11.9. The van der Waals surface area contributed by atoms with Crippen LogP contribution in [0.15, 0.2) is 84.8 Å². The number of hydrogen-bond acceptors (Lipinski definition) is 4. The van der Waals surface area contributed by atoms with Crippen LogP contribution in [0, 0.1) is 16.9 Å². The van der Waals surface area contributed by atoms with Crippen LogP contribution in [0.1, 0.15) is 41.5 Å². The predicted octanol–water partition coefficient (Wildman–Crippen LogP) is 8.07. The van der Waals surface area contributed by atoms with Gasteiger partial charge in [-0.15, -0.1) is 12.1 Å². The van der Waals surface area contributed by atoms with Gasteiger partial charge in [-0.3, -0.25) is 4.79 Å². The molecule has 0 spiro atoms. The number of aromatic nitrogens is 1. The van der Waals surface area contributed by atoms with Gasteiger partial charge in [0, 0.05) is 49.0 Å². The molecule has 5 heteroatoms. The number of benzene rings is 3. The molecule has 1 N–H and O–H groups in total. The number of carbonyl (C=O) groups is 1. The van der Waals surface area contributed by atoms with Gasteiger partial charge in [-0.1, -0.05) is 77.9 Å². The van der Waals surface area contributed by atoms with E-state index in [2.05, 4.69) is 35.3 Å². The minimum absolute atomic E-state index is 0. The minimum atomic E-state index is -0.417. The van der Waals surface area contributed by atoms with Gasteiger partial charge in [-0.2, -0.15) is 18.2 Å². The fourth-order valence-corrected chi connectivity index (χ4v) is 3.09. The second-order valence-electron chi connectivity index (χ2n) is 10.2. The van der Waals surface area contributed by atoms with Crippen LogP contribution >= 0.6 is 0 Å². The summed E-state index contributed by atoms with van der Waals surface area (Å²) < 4.78 is 5.93. The largest absolute Gasteiger partial charge is 0.512 e. The molecular weight excluding hydrogens is 615 g/mol. The molecule has 0 fully saturated rings. The molecule has 0 bridgehead atoms. The van der Waals surface area contributed by atoms with Crippen molar-refractivity contribution >= 4 is 27.3 Å². The number of aliphatic hydroxyl groups excluding tert-OH is 1. The van der Waals surface area contributed by atoms with Crippen LogP contribution in [0.4, 0.5) is 0 Å². The number of aliphatic hydroxyl groups is 1. The predicted molar refractivity (Wildman–Crippen MR) is 139 cm³/mol. The van der Waals surface area contributed by atoms with E-state index in [0.717, 1.165) is 16.2 Å². The molecular formula is C30H32IrNO3-. The summed E-state index contributed by atoms with van der Waals surface area (Å²) in [6, 6.07) is 25.1. The summed E-state index contributed by atoms with van der Waals surface area (Å²) in [6.45, 7) is 11.1. The molecule has 1 radical (unpaired) electrons. The van der Waals surface area contributed by atoms with Crippen molar-refractivity contribution in [2.24, 2.45) is 10.8 Å². The van der Waals surface area contributed by atoms with Gasteiger partial charge in [-0.25, -0.2) is 4.98 Å². The number of rotatable bonds is 3. The molecule has 0 unspecified atom stereocenters. The van der Waals surface area contributed by atoms with Crippen molar-refractivity contribution < 1.29 is 34.7 Å². The molecule has 0 aliphatic rings. The van der Waals surface area contributed by atoms with Crippen LogP contribution in [-0.2, 0) is 24.9 Å². The first-order chi connectivity index (χ1) is 16.0. The van der Waals surface area contributed by atoms with Crippen molar-refractivity contribution in [2.75, 3.05) is 0 Å². The SMILES string of the molecule is CC(C)(C)C(=O)/C=C(\O)C(C)(C)C.[Ir].[c-]1ccccc1Oc1nccc2ccc3ccccc3c12. The molecule has 0 aliphatic heterocycles. The summed E-state index contributed by atoms with van der Waals surface area (Å²) in [5.74, 6) is 1.39. The number of pyridine rings is 1. The molecule has 0 aliphatic carbocycles. The Morgan fingerprint density at radius 2 is 1.54 bits per heavy atom. The molecule has 1 aromatic heterocycles. The fraction of sp³-hybridized carbons (Fsp3) is 0.267. The zero-order valence-corrected chi connectivity index (χ0v) is 23.4. The third-order valence-corrected chi connectivity index (χ3v) is 5.28. The zero-order chi connectivity index (χ0) is 24.9. The third-order valence-electron chi connectivity index (χ3n) is 5.28. The number of hydrogen-bond donors (Lipinski definition) is 1. The first kappa shape index (κ1) is 28.2. The Morgan fingerprint density at radius 1 is 0.886 bits per heavy atom. The van der Waals surface area contributed by atoms with Crippen molar-refractivity contribution in [3.05, 3.63) is 90.8 Å². The molecule has 1 heterocycles. The second kappa shape index (κ2) is 11.6. The number of ether oxygens (including phenoxy) is 1. The molecule has 4 rings (SSSR count).